The second-order valence-electron chi connectivity index (χ2n) is 6.86. The Morgan fingerprint density at radius 2 is 1.67 bits per heavy atom. The minimum atomic E-state index is -1.72. The zero-order chi connectivity index (χ0) is 22.6. The summed E-state index contributed by atoms with van der Waals surface area (Å²) in [5.41, 5.74) is 0. The maximum absolute atomic E-state index is 11.6. The molecule has 0 aliphatic carbocycles. The van der Waals surface area contributed by atoms with Crippen molar-refractivity contribution in [3.8, 4) is 0 Å². The zero-order valence-corrected chi connectivity index (χ0v) is 16.9. The van der Waals surface area contributed by atoms with Crippen molar-refractivity contribution in [2.24, 2.45) is 0 Å². The lowest BCUT2D eigenvalue weighted by molar-refractivity contribution is -0.343. The number of carbonyl (C=O) groups is 3. The number of carboxylic acids is 1. The minimum absolute atomic E-state index is 0.150. The Kier molecular flexibility index (Phi) is 8.49. The molecular formula is C17H27NO12. The summed E-state index contributed by atoms with van der Waals surface area (Å²) in [5.74, 6) is -2.68. The second kappa shape index (κ2) is 10.4. The third-order valence-corrected chi connectivity index (χ3v) is 4.65. The van der Waals surface area contributed by atoms with E-state index in [0.29, 0.717) is 0 Å². The number of carbonyl (C=O) groups excluding carboxylic acids is 2. The van der Waals surface area contributed by atoms with Crippen LogP contribution in [-0.2, 0) is 42.8 Å². The molecule has 1 amide bonds. The Balaban J connectivity index is 2.26. The van der Waals surface area contributed by atoms with E-state index < -0.39 is 73.3 Å². The number of methoxy groups -OCH3 is 2. The van der Waals surface area contributed by atoms with Gasteiger partial charge >= 0.3 is 11.9 Å². The van der Waals surface area contributed by atoms with Crippen LogP contribution in [-0.4, -0.2) is 103 Å². The zero-order valence-electron chi connectivity index (χ0n) is 16.9. The van der Waals surface area contributed by atoms with Crippen LogP contribution in [0.5, 0.6) is 0 Å². The molecule has 0 aromatic carbocycles. The maximum atomic E-state index is 11.6. The molecule has 0 aromatic rings. The molecule has 9 atom stereocenters. The van der Waals surface area contributed by atoms with E-state index in [1.165, 1.54) is 21.1 Å². The van der Waals surface area contributed by atoms with Gasteiger partial charge < -0.3 is 49.1 Å². The van der Waals surface area contributed by atoms with Gasteiger partial charge in [0.05, 0.1) is 6.10 Å². The molecule has 0 bridgehead atoms. The van der Waals surface area contributed by atoms with Gasteiger partial charge in [0.15, 0.2) is 18.7 Å². The fourth-order valence-corrected chi connectivity index (χ4v) is 3.39. The molecule has 172 valence electrons. The smallest absolute Gasteiger partial charge is 0.335 e. The molecule has 2 aliphatic rings. The predicted octanol–water partition coefficient (Wildman–Crippen LogP) is -2.30. The Bertz CT molecular complexity index is 630. The highest BCUT2D eigenvalue weighted by molar-refractivity contribution is 5.75. The van der Waals surface area contributed by atoms with Crippen molar-refractivity contribution in [3.05, 3.63) is 0 Å². The van der Waals surface area contributed by atoms with Crippen LogP contribution >= 0.6 is 0 Å². The number of carboxylic acid groups (broad SMARTS) is 1. The van der Waals surface area contributed by atoms with Gasteiger partial charge in [0.2, 0.25) is 12.2 Å². The number of aliphatic hydroxyl groups excluding tert-OH is 2. The summed E-state index contributed by atoms with van der Waals surface area (Å²) >= 11 is 0. The SMILES string of the molecule is COC1OC(C(=O)O)[C@@H](O)C(OC2CC(O)[C@H](OC)C(OC(C)=O)O2)[C@@H]1NC(C)=O. The molecule has 30 heavy (non-hydrogen) atoms. The Labute approximate surface area is 172 Å². The van der Waals surface area contributed by atoms with Gasteiger partial charge in [-0.25, -0.2) is 4.79 Å². The highest BCUT2D eigenvalue weighted by Crippen LogP contribution is 2.30. The van der Waals surface area contributed by atoms with E-state index in [4.69, 9.17) is 28.4 Å². The summed E-state index contributed by atoms with van der Waals surface area (Å²) in [5, 5.41) is 32.7. The Morgan fingerprint density at radius 1 is 1.00 bits per heavy atom. The maximum Gasteiger partial charge on any atom is 0.335 e. The summed E-state index contributed by atoms with van der Waals surface area (Å²) in [6.45, 7) is 2.35. The van der Waals surface area contributed by atoms with Gasteiger partial charge in [0, 0.05) is 34.5 Å². The predicted molar refractivity (Wildman–Crippen MR) is 93.6 cm³/mol. The van der Waals surface area contributed by atoms with Crippen LogP contribution in [0.2, 0.25) is 0 Å². The molecule has 13 nitrogen and oxygen atoms in total. The largest absolute Gasteiger partial charge is 0.479 e. The number of aliphatic hydroxyl groups is 2. The van der Waals surface area contributed by atoms with Gasteiger partial charge in [-0.2, -0.15) is 0 Å². The monoisotopic (exact) mass is 437 g/mol. The van der Waals surface area contributed by atoms with Crippen LogP contribution in [0.15, 0.2) is 0 Å². The third-order valence-electron chi connectivity index (χ3n) is 4.65. The lowest BCUT2D eigenvalue weighted by atomic mass is 9.96. The van der Waals surface area contributed by atoms with E-state index in [1.807, 2.05) is 0 Å². The molecule has 2 aliphatic heterocycles. The molecule has 2 rings (SSSR count). The molecule has 4 N–H and O–H groups in total. The second-order valence-corrected chi connectivity index (χ2v) is 6.86. The lowest BCUT2D eigenvalue weighted by Crippen LogP contribution is -2.67. The average Bonchev–Trinajstić information content (AvgIpc) is 2.63. The molecule has 0 aromatic heterocycles. The highest BCUT2D eigenvalue weighted by atomic mass is 16.8. The number of hydrogen-bond acceptors (Lipinski definition) is 11. The molecule has 0 spiro atoms. The quantitative estimate of drug-likeness (QED) is 0.314. The fraction of sp³-hybridized carbons (Fsp3) is 0.824. The third kappa shape index (κ3) is 5.63. The highest BCUT2D eigenvalue weighted by Gasteiger charge is 2.52. The summed E-state index contributed by atoms with van der Waals surface area (Å²) in [6, 6.07) is -1.11. The Morgan fingerprint density at radius 3 is 2.17 bits per heavy atom. The van der Waals surface area contributed by atoms with E-state index in [-0.39, 0.29) is 6.42 Å². The number of aliphatic carboxylic acids is 1. The molecule has 13 heteroatoms. The first-order chi connectivity index (χ1) is 14.1. The van der Waals surface area contributed by atoms with Gasteiger partial charge in [0.25, 0.3) is 0 Å². The van der Waals surface area contributed by atoms with Gasteiger partial charge in [-0.05, 0) is 0 Å². The van der Waals surface area contributed by atoms with Crippen LogP contribution in [0.4, 0.5) is 0 Å². The van der Waals surface area contributed by atoms with Gasteiger partial charge in [0.1, 0.15) is 24.4 Å². The van der Waals surface area contributed by atoms with E-state index in [1.54, 1.807) is 0 Å². The van der Waals surface area contributed by atoms with Gasteiger partial charge in [-0.1, -0.05) is 0 Å². The number of nitrogens with one attached hydrogen (secondary N) is 1. The summed E-state index contributed by atoms with van der Waals surface area (Å²) < 4.78 is 31.7. The van der Waals surface area contributed by atoms with Gasteiger partial charge in [-0.3, -0.25) is 9.59 Å². The first-order valence-corrected chi connectivity index (χ1v) is 9.14. The van der Waals surface area contributed by atoms with Crippen molar-refractivity contribution in [2.45, 2.75) is 75.7 Å². The average molecular weight is 437 g/mol. The Hall–Kier alpha value is -1.87. The molecular weight excluding hydrogens is 410 g/mol. The first-order valence-electron chi connectivity index (χ1n) is 9.14. The van der Waals surface area contributed by atoms with Crippen molar-refractivity contribution in [2.75, 3.05) is 14.2 Å². The van der Waals surface area contributed by atoms with Crippen LogP contribution < -0.4 is 5.32 Å². The number of hydrogen-bond donors (Lipinski definition) is 4. The summed E-state index contributed by atoms with van der Waals surface area (Å²) in [4.78, 5) is 34.4. The van der Waals surface area contributed by atoms with E-state index >= 15 is 0 Å². The summed E-state index contributed by atoms with van der Waals surface area (Å²) in [6.07, 6.45) is -10.9. The lowest BCUT2D eigenvalue weighted by Gasteiger charge is -2.45. The molecule has 2 saturated heterocycles. The number of esters is 1. The van der Waals surface area contributed by atoms with E-state index in [9.17, 15) is 29.7 Å². The van der Waals surface area contributed by atoms with Crippen LogP contribution in [0, 0.1) is 0 Å². The van der Waals surface area contributed by atoms with Crippen molar-refractivity contribution >= 4 is 17.8 Å². The first kappa shape index (κ1) is 24.4. The van der Waals surface area contributed by atoms with Crippen molar-refractivity contribution in [1.29, 1.82) is 0 Å². The molecule has 2 fully saturated rings. The van der Waals surface area contributed by atoms with Crippen LogP contribution in [0.1, 0.15) is 20.3 Å². The molecule has 0 radical (unpaired) electrons. The summed E-state index contributed by atoms with van der Waals surface area (Å²) in [7, 11) is 2.53. The van der Waals surface area contributed by atoms with Crippen LogP contribution in [0.25, 0.3) is 0 Å². The fourth-order valence-electron chi connectivity index (χ4n) is 3.39. The van der Waals surface area contributed by atoms with E-state index in [2.05, 4.69) is 5.32 Å². The van der Waals surface area contributed by atoms with Crippen LogP contribution in [0.3, 0.4) is 0 Å². The molecule has 6 unspecified atom stereocenters. The standard InChI is InChI=1S/C17H27NO12/c1-6(19)18-10-13(11(22)14(15(23)24)30-16(10)26-4)28-9-5-8(21)12(25-3)17(29-9)27-7(2)20/h8-14,16-17,21-22H,5H2,1-4H3,(H,18,19)(H,23,24)/t8?,9?,10-,11-,12-,13?,14?,16?,17?/m0/s1. The minimum Gasteiger partial charge on any atom is -0.479 e. The van der Waals surface area contributed by atoms with Gasteiger partial charge in [-0.15, -0.1) is 0 Å². The number of rotatable bonds is 7. The molecule has 2 heterocycles. The molecule has 0 saturated carbocycles. The normalized spacial score (nSPS) is 39.2. The number of ether oxygens (including phenoxy) is 6. The number of amides is 1. The van der Waals surface area contributed by atoms with E-state index in [0.717, 1.165) is 6.92 Å². The van der Waals surface area contributed by atoms with Crippen molar-refractivity contribution in [1.82, 2.24) is 5.32 Å². The topological polar surface area (TPSA) is 179 Å². The van der Waals surface area contributed by atoms with Crippen molar-refractivity contribution < 1.29 is 58.1 Å². The van der Waals surface area contributed by atoms with Crippen molar-refractivity contribution in [3.63, 3.8) is 0 Å².